The molecule has 90 valence electrons. The largest absolute Gasteiger partial charge is 0.340 e. The van der Waals surface area contributed by atoms with Gasteiger partial charge < -0.3 is 10.6 Å². The molecule has 5 heteroatoms. The lowest BCUT2D eigenvalue weighted by Gasteiger charge is -2.22. The number of amides is 1. The molecule has 1 unspecified atom stereocenters. The Morgan fingerprint density at radius 3 is 2.69 bits per heavy atom. The zero-order valence-electron chi connectivity index (χ0n) is 10.3. The maximum Gasteiger partial charge on any atom is 0.239 e. The van der Waals surface area contributed by atoms with E-state index in [0.717, 1.165) is 5.56 Å². The molecule has 0 fully saturated rings. The molecule has 0 radical (unpaired) electrons. The van der Waals surface area contributed by atoms with E-state index in [9.17, 15) is 4.79 Å². The number of nitrogens with two attached hydrogens (primary N) is 1. The topological polar surface area (TPSA) is 64.2 Å². The number of aryl methyl sites for hydroxylation is 1. The summed E-state index contributed by atoms with van der Waals surface area (Å²) in [5.74, 6) is 0.128. The Labute approximate surface area is 96.2 Å². The third kappa shape index (κ3) is 3.06. The number of likely N-dealkylation sites (N-methyl/N-ethyl adjacent to an activating group) is 1. The predicted octanol–water partition coefficient (Wildman–Crippen LogP) is 0.362. The van der Waals surface area contributed by atoms with Gasteiger partial charge in [0.15, 0.2) is 0 Å². The Morgan fingerprint density at radius 2 is 2.25 bits per heavy atom. The standard InChI is InChI=1S/C11H20N4O/c1-8(2)10(12)11(16)14(3)6-9-5-13-15(4)7-9/h5,7-8,10H,6,12H2,1-4H3. The van der Waals surface area contributed by atoms with Crippen LogP contribution >= 0.6 is 0 Å². The average Bonchev–Trinajstić information content (AvgIpc) is 2.61. The lowest BCUT2D eigenvalue weighted by molar-refractivity contribution is -0.132. The molecule has 1 amide bonds. The van der Waals surface area contributed by atoms with Crippen LogP contribution in [-0.4, -0.2) is 33.7 Å². The third-order valence-electron chi connectivity index (χ3n) is 2.56. The molecule has 5 nitrogen and oxygen atoms in total. The fraction of sp³-hybridized carbons (Fsp3) is 0.636. The molecular weight excluding hydrogens is 204 g/mol. The number of aromatic nitrogens is 2. The highest BCUT2D eigenvalue weighted by atomic mass is 16.2. The number of rotatable bonds is 4. The van der Waals surface area contributed by atoms with Crippen molar-refractivity contribution in [1.29, 1.82) is 0 Å². The van der Waals surface area contributed by atoms with E-state index in [1.54, 1.807) is 22.8 Å². The van der Waals surface area contributed by atoms with E-state index >= 15 is 0 Å². The van der Waals surface area contributed by atoms with Gasteiger partial charge in [-0.25, -0.2) is 0 Å². The summed E-state index contributed by atoms with van der Waals surface area (Å²) >= 11 is 0. The summed E-state index contributed by atoms with van der Waals surface area (Å²) in [5, 5.41) is 4.06. The molecule has 0 aliphatic rings. The molecule has 0 aromatic carbocycles. The molecule has 1 rings (SSSR count). The number of carbonyl (C=O) groups excluding carboxylic acids is 1. The lowest BCUT2D eigenvalue weighted by Crippen LogP contribution is -2.44. The smallest absolute Gasteiger partial charge is 0.239 e. The Hall–Kier alpha value is -1.36. The van der Waals surface area contributed by atoms with E-state index in [4.69, 9.17) is 5.73 Å². The fourth-order valence-electron chi connectivity index (χ4n) is 1.44. The zero-order chi connectivity index (χ0) is 12.3. The molecule has 1 aromatic heterocycles. The monoisotopic (exact) mass is 224 g/mol. The SMILES string of the molecule is CC(C)C(N)C(=O)N(C)Cc1cnn(C)c1. The van der Waals surface area contributed by atoms with Crippen LogP contribution in [0.3, 0.4) is 0 Å². The van der Waals surface area contributed by atoms with Crippen molar-refractivity contribution >= 4 is 5.91 Å². The first-order chi connectivity index (χ1) is 7.41. The first-order valence-electron chi connectivity index (χ1n) is 5.40. The molecule has 1 aromatic rings. The molecule has 16 heavy (non-hydrogen) atoms. The van der Waals surface area contributed by atoms with Gasteiger partial charge in [-0.2, -0.15) is 5.10 Å². The van der Waals surface area contributed by atoms with Gasteiger partial charge in [0.1, 0.15) is 0 Å². The van der Waals surface area contributed by atoms with Crippen molar-refractivity contribution in [3.63, 3.8) is 0 Å². The highest BCUT2D eigenvalue weighted by Gasteiger charge is 2.21. The van der Waals surface area contributed by atoms with Crippen molar-refractivity contribution in [3.05, 3.63) is 18.0 Å². The molecule has 1 heterocycles. The van der Waals surface area contributed by atoms with Gasteiger partial charge in [0.05, 0.1) is 12.2 Å². The van der Waals surface area contributed by atoms with Gasteiger partial charge in [-0.15, -0.1) is 0 Å². The van der Waals surface area contributed by atoms with Crippen LogP contribution in [0.2, 0.25) is 0 Å². The fourth-order valence-corrected chi connectivity index (χ4v) is 1.44. The molecule has 0 spiro atoms. The van der Waals surface area contributed by atoms with Gasteiger partial charge >= 0.3 is 0 Å². The van der Waals surface area contributed by atoms with Gasteiger partial charge in [0.25, 0.3) is 0 Å². The van der Waals surface area contributed by atoms with Crippen LogP contribution in [0.4, 0.5) is 0 Å². The zero-order valence-corrected chi connectivity index (χ0v) is 10.3. The van der Waals surface area contributed by atoms with Crippen LogP contribution in [0.1, 0.15) is 19.4 Å². The highest BCUT2D eigenvalue weighted by molar-refractivity contribution is 5.81. The first-order valence-corrected chi connectivity index (χ1v) is 5.40. The first kappa shape index (κ1) is 12.7. The second-order valence-corrected chi connectivity index (χ2v) is 4.49. The number of carbonyl (C=O) groups is 1. The van der Waals surface area contributed by atoms with E-state index < -0.39 is 6.04 Å². The summed E-state index contributed by atoms with van der Waals surface area (Å²) in [6, 6.07) is -0.429. The summed E-state index contributed by atoms with van der Waals surface area (Å²) < 4.78 is 1.72. The minimum Gasteiger partial charge on any atom is -0.340 e. The molecule has 0 bridgehead atoms. The quantitative estimate of drug-likeness (QED) is 0.803. The second kappa shape index (κ2) is 5.12. The number of hydrogen-bond acceptors (Lipinski definition) is 3. The van der Waals surface area contributed by atoms with E-state index in [1.165, 1.54) is 0 Å². The summed E-state index contributed by atoms with van der Waals surface area (Å²) in [6.07, 6.45) is 3.65. The summed E-state index contributed by atoms with van der Waals surface area (Å²) in [7, 11) is 3.61. The minimum atomic E-state index is -0.429. The summed E-state index contributed by atoms with van der Waals surface area (Å²) in [4.78, 5) is 13.5. The van der Waals surface area contributed by atoms with E-state index in [0.29, 0.717) is 6.54 Å². The van der Waals surface area contributed by atoms with Crippen LogP contribution in [0.5, 0.6) is 0 Å². The summed E-state index contributed by atoms with van der Waals surface area (Å²) in [5.41, 5.74) is 6.82. The van der Waals surface area contributed by atoms with Crippen molar-refractivity contribution in [2.75, 3.05) is 7.05 Å². The number of hydrogen-bond donors (Lipinski definition) is 1. The van der Waals surface area contributed by atoms with Crippen molar-refractivity contribution < 1.29 is 4.79 Å². The van der Waals surface area contributed by atoms with Crippen LogP contribution in [0, 0.1) is 5.92 Å². The lowest BCUT2D eigenvalue weighted by atomic mass is 10.0. The Bertz CT molecular complexity index is 359. The number of nitrogens with zero attached hydrogens (tertiary/aromatic N) is 3. The van der Waals surface area contributed by atoms with Crippen molar-refractivity contribution in [3.8, 4) is 0 Å². The Kier molecular flexibility index (Phi) is 4.06. The van der Waals surface area contributed by atoms with Gasteiger partial charge in [0, 0.05) is 32.4 Å². The average molecular weight is 224 g/mol. The van der Waals surface area contributed by atoms with Gasteiger partial charge in [0.2, 0.25) is 5.91 Å². The van der Waals surface area contributed by atoms with Crippen molar-refractivity contribution in [1.82, 2.24) is 14.7 Å². The van der Waals surface area contributed by atoms with Crippen LogP contribution in [0.25, 0.3) is 0 Å². The van der Waals surface area contributed by atoms with E-state index in [2.05, 4.69) is 5.10 Å². The molecular formula is C11H20N4O. The maximum absolute atomic E-state index is 11.9. The van der Waals surface area contributed by atoms with Crippen molar-refractivity contribution in [2.24, 2.45) is 18.7 Å². The summed E-state index contributed by atoms with van der Waals surface area (Å²) in [6.45, 7) is 4.44. The van der Waals surface area contributed by atoms with E-state index in [-0.39, 0.29) is 11.8 Å². The molecule has 0 saturated carbocycles. The molecule has 0 aliphatic carbocycles. The highest BCUT2D eigenvalue weighted by Crippen LogP contribution is 2.06. The normalized spacial score (nSPS) is 12.9. The molecule has 2 N–H and O–H groups in total. The van der Waals surface area contributed by atoms with Gasteiger partial charge in [-0.3, -0.25) is 9.48 Å². The maximum atomic E-state index is 11.9. The second-order valence-electron chi connectivity index (χ2n) is 4.49. The predicted molar refractivity (Wildman–Crippen MR) is 62.5 cm³/mol. The van der Waals surface area contributed by atoms with Crippen LogP contribution < -0.4 is 5.73 Å². The third-order valence-corrected chi connectivity index (χ3v) is 2.56. The Morgan fingerprint density at radius 1 is 1.62 bits per heavy atom. The Balaban J connectivity index is 2.58. The van der Waals surface area contributed by atoms with Crippen LogP contribution in [-0.2, 0) is 18.4 Å². The molecule has 1 atom stereocenters. The van der Waals surface area contributed by atoms with Crippen LogP contribution in [0.15, 0.2) is 12.4 Å². The van der Waals surface area contributed by atoms with E-state index in [1.807, 2.05) is 27.1 Å². The van der Waals surface area contributed by atoms with Gasteiger partial charge in [-0.05, 0) is 5.92 Å². The van der Waals surface area contributed by atoms with Crippen molar-refractivity contribution in [2.45, 2.75) is 26.4 Å². The minimum absolute atomic E-state index is 0.0288. The molecule has 0 aliphatic heterocycles. The van der Waals surface area contributed by atoms with Gasteiger partial charge in [-0.1, -0.05) is 13.8 Å². The molecule has 0 saturated heterocycles.